The first kappa shape index (κ1) is 14.8. The fourth-order valence-corrected chi connectivity index (χ4v) is 2.08. The molecule has 6 heteroatoms. The highest BCUT2D eigenvalue weighted by atomic mass is 16.6. The number of hydrogen-bond donors (Lipinski definition) is 1. The minimum Gasteiger partial charge on any atom is -0.493 e. The molecule has 1 N–H and O–H groups in total. The number of methoxy groups -OCH3 is 2. The van der Waals surface area contributed by atoms with Crippen molar-refractivity contribution in [2.75, 3.05) is 14.2 Å². The smallest absolute Gasteiger partial charge is 0.279 e. The van der Waals surface area contributed by atoms with Gasteiger partial charge in [0, 0.05) is 0 Å². The molecule has 1 atom stereocenters. The average molecular weight is 289 g/mol. The molecule has 0 saturated carbocycles. The fourth-order valence-electron chi connectivity index (χ4n) is 2.08. The van der Waals surface area contributed by atoms with Gasteiger partial charge in [-0.05, 0) is 11.6 Å². The summed E-state index contributed by atoms with van der Waals surface area (Å²) in [6.07, 6.45) is -1.12. The predicted octanol–water partition coefficient (Wildman–Crippen LogP) is 2.69. The molecule has 0 heterocycles. The normalized spacial score (nSPS) is 11.8. The number of aliphatic hydroxyl groups is 1. The minimum atomic E-state index is -1.12. The summed E-state index contributed by atoms with van der Waals surface area (Å²) in [7, 11) is 2.83. The number of benzene rings is 2. The molecule has 0 aliphatic heterocycles. The SMILES string of the molecule is COc1cc([C@H](O)c2ccccc2)c([N+](=O)[O-])cc1OC. The molecule has 21 heavy (non-hydrogen) atoms. The van der Waals surface area contributed by atoms with Crippen molar-refractivity contribution in [3.05, 3.63) is 63.7 Å². The summed E-state index contributed by atoms with van der Waals surface area (Å²) in [6, 6.07) is 11.4. The Kier molecular flexibility index (Phi) is 4.39. The Morgan fingerprint density at radius 1 is 1.10 bits per heavy atom. The van der Waals surface area contributed by atoms with Crippen LogP contribution in [-0.2, 0) is 0 Å². The minimum absolute atomic E-state index is 0.156. The van der Waals surface area contributed by atoms with E-state index in [9.17, 15) is 15.2 Å². The Balaban J connectivity index is 2.58. The average Bonchev–Trinajstić information content (AvgIpc) is 2.53. The maximum absolute atomic E-state index is 11.2. The van der Waals surface area contributed by atoms with E-state index in [2.05, 4.69) is 0 Å². The van der Waals surface area contributed by atoms with E-state index in [1.165, 1.54) is 26.4 Å². The second kappa shape index (κ2) is 6.23. The van der Waals surface area contributed by atoms with Crippen LogP contribution in [-0.4, -0.2) is 24.2 Å². The summed E-state index contributed by atoms with van der Waals surface area (Å²) in [5.74, 6) is 0.571. The quantitative estimate of drug-likeness (QED) is 0.676. The molecule has 2 aromatic rings. The molecule has 0 saturated heterocycles. The lowest BCUT2D eigenvalue weighted by Crippen LogP contribution is -2.05. The van der Waals surface area contributed by atoms with Crippen molar-refractivity contribution in [2.45, 2.75) is 6.10 Å². The Labute approximate surface area is 121 Å². The molecule has 0 unspecified atom stereocenters. The summed E-state index contributed by atoms with van der Waals surface area (Å²) >= 11 is 0. The Hall–Kier alpha value is -2.60. The van der Waals surface area contributed by atoms with Crippen LogP contribution in [0, 0.1) is 10.1 Å². The standard InChI is InChI=1S/C15H15NO5/c1-20-13-8-11(12(16(18)19)9-14(13)21-2)15(17)10-6-4-3-5-7-10/h3-9,15,17H,1-2H3/t15-/m1/s1. The van der Waals surface area contributed by atoms with Crippen molar-refractivity contribution in [3.63, 3.8) is 0 Å². The molecular weight excluding hydrogens is 274 g/mol. The van der Waals surface area contributed by atoms with Crippen molar-refractivity contribution in [1.29, 1.82) is 0 Å². The van der Waals surface area contributed by atoms with Gasteiger partial charge >= 0.3 is 0 Å². The zero-order valence-electron chi connectivity index (χ0n) is 11.6. The molecule has 0 bridgehead atoms. The number of aliphatic hydroxyl groups excluding tert-OH is 1. The van der Waals surface area contributed by atoms with Crippen LogP contribution in [0.2, 0.25) is 0 Å². The summed E-state index contributed by atoms with van der Waals surface area (Å²) < 4.78 is 10.2. The van der Waals surface area contributed by atoms with Gasteiger partial charge in [-0.25, -0.2) is 0 Å². The summed E-state index contributed by atoms with van der Waals surface area (Å²) in [5, 5.41) is 21.6. The van der Waals surface area contributed by atoms with Gasteiger partial charge in [-0.1, -0.05) is 30.3 Å². The lowest BCUT2D eigenvalue weighted by Gasteiger charge is -2.15. The number of nitro groups is 1. The van der Waals surface area contributed by atoms with Gasteiger partial charge in [0.2, 0.25) is 0 Å². The zero-order chi connectivity index (χ0) is 15.4. The van der Waals surface area contributed by atoms with E-state index in [0.29, 0.717) is 11.3 Å². The zero-order valence-corrected chi connectivity index (χ0v) is 11.6. The molecule has 0 aliphatic carbocycles. The van der Waals surface area contributed by atoms with Crippen LogP contribution in [0.15, 0.2) is 42.5 Å². The third-order valence-electron chi connectivity index (χ3n) is 3.14. The van der Waals surface area contributed by atoms with Crippen molar-refractivity contribution in [2.24, 2.45) is 0 Å². The fraction of sp³-hybridized carbons (Fsp3) is 0.200. The Bertz CT molecular complexity index is 642. The lowest BCUT2D eigenvalue weighted by molar-refractivity contribution is -0.386. The number of hydrogen-bond acceptors (Lipinski definition) is 5. The van der Waals surface area contributed by atoms with Crippen molar-refractivity contribution < 1.29 is 19.5 Å². The van der Waals surface area contributed by atoms with Gasteiger partial charge < -0.3 is 14.6 Å². The maximum Gasteiger partial charge on any atom is 0.279 e. The Morgan fingerprint density at radius 3 is 2.19 bits per heavy atom. The van der Waals surface area contributed by atoms with Crippen molar-refractivity contribution in [3.8, 4) is 11.5 Å². The van der Waals surface area contributed by atoms with Crippen LogP contribution < -0.4 is 9.47 Å². The third kappa shape index (κ3) is 2.95. The molecule has 6 nitrogen and oxygen atoms in total. The predicted molar refractivity (Wildman–Crippen MR) is 76.7 cm³/mol. The van der Waals surface area contributed by atoms with E-state index in [1.54, 1.807) is 30.3 Å². The van der Waals surface area contributed by atoms with E-state index in [-0.39, 0.29) is 17.0 Å². The highest BCUT2D eigenvalue weighted by Crippen LogP contribution is 2.39. The van der Waals surface area contributed by atoms with Crippen LogP contribution in [0.4, 0.5) is 5.69 Å². The van der Waals surface area contributed by atoms with Gasteiger partial charge in [0.1, 0.15) is 6.10 Å². The molecule has 0 aliphatic rings. The van der Waals surface area contributed by atoms with Gasteiger partial charge in [-0.3, -0.25) is 10.1 Å². The first-order valence-electron chi connectivity index (χ1n) is 6.21. The van der Waals surface area contributed by atoms with E-state index >= 15 is 0 Å². The Morgan fingerprint density at radius 2 is 1.67 bits per heavy atom. The maximum atomic E-state index is 11.2. The van der Waals surface area contributed by atoms with E-state index in [1.807, 2.05) is 0 Å². The highest BCUT2D eigenvalue weighted by molar-refractivity contribution is 5.56. The summed E-state index contributed by atoms with van der Waals surface area (Å²) in [6.45, 7) is 0. The van der Waals surface area contributed by atoms with Gasteiger partial charge in [0.25, 0.3) is 5.69 Å². The summed E-state index contributed by atoms with van der Waals surface area (Å²) in [4.78, 5) is 10.7. The van der Waals surface area contributed by atoms with E-state index < -0.39 is 11.0 Å². The summed E-state index contributed by atoms with van der Waals surface area (Å²) in [5.41, 5.74) is 0.501. The van der Waals surface area contributed by atoms with Gasteiger partial charge in [0.15, 0.2) is 11.5 Å². The first-order valence-corrected chi connectivity index (χ1v) is 6.21. The van der Waals surface area contributed by atoms with Crippen LogP contribution in [0.25, 0.3) is 0 Å². The molecule has 0 aromatic heterocycles. The van der Waals surface area contributed by atoms with E-state index in [0.717, 1.165) is 0 Å². The molecular formula is C15H15NO5. The molecule has 0 spiro atoms. The molecule has 2 aromatic carbocycles. The second-order valence-electron chi connectivity index (χ2n) is 4.34. The molecule has 2 rings (SSSR count). The second-order valence-corrected chi connectivity index (χ2v) is 4.34. The number of nitro benzene ring substituents is 1. The third-order valence-corrected chi connectivity index (χ3v) is 3.14. The van der Waals surface area contributed by atoms with Crippen LogP contribution in [0.3, 0.4) is 0 Å². The molecule has 0 amide bonds. The topological polar surface area (TPSA) is 81.8 Å². The first-order chi connectivity index (χ1) is 10.1. The van der Waals surface area contributed by atoms with Gasteiger partial charge in [-0.15, -0.1) is 0 Å². The monoisotopic (exact) mass is 289 g/mol. The van der Waals surface area contributed by atoms with Crippen LogP contribution in [0.1, 0.15) is 17.2 Å². The number of rotatable bonds is 5. The van der Waals surface area contributed by atoms with Gasteiger partial charge in [0.05, 0.1) is 30.8 Å². The van der Waals surface area contributed by atoms with Crippen LogP contribution in [0.5, 0.6) is 11.5 Å². The lowest BCUT2D eigenvalue weighted by atomic mass is 9.99. The highest BCUT2D eigenvalue weighted by Gasteiger charge is 2.25. The molecule has 0 fully saturated rings. The van der Waals surface area contributed by atoms with Crippen molar-refractivity contribution >= 4 is 5.69 Å². The molecule has 0 radical (unpaired) electrons. The largest absolute Gasteiger partial charge is 0.493 e. The van der Waals surface area contributed by atoms with Crippen LogP contribution >= 0.6 is 0 Å². The van der Waals surface area contributed by atoms with E-state index in [4.69, 9.17) is 9.47 Å². The molecule has 110 valence electrons. The van der Waals surface area contributed by atoms with Crippen molar-refractivity contribution in [1.82, 2.24) is 0 Å². The number of nitrogens with zero attached hydrogens (tertiary/aromatic N) is 1. The van der Waals surface area contributed by atoms with Gasteiger partial charge in [-0.2, -0.15) is 0 Å². The number of ether oxygens (including phenoxy) is 2.